The monoisotopic (exact) mass is 301 g/mol. The molecule has 0 saturated heterocycles. The molecule has 0 amide bonds. The third kappa shape index (κ3) is 3.71. The van der Waals surface area contributed by atoms with Crippen LogP contribution in [0.1, 0.15) is 30.5 Å². The van der Waals surface area contributed by atoms with Gasteiger partial charge in [0.25, 0.3) is 0 Å². The first-order chi connectivity index (χ1) is 10.7. The molecule has 0 radical (unpaired) electrons. The molecule has 0 heterocycles. The lowest BCUT2D eigenvalue weighted by Gasteiger charge is -2.20. The summed E-state index contributed by atoms with van der Waals surface area (Å²) in [5, 5.41) is 12.9. The van der Waals surface area contributed by atoms with Gasteiger partial charge in [-0.25, -0.2) is 0 Å². The average Bonchev–Trinajstić information content (AvgIpc) is 2.59. The Morgan fingerprint density at radius 2 is 1.77 bits per heavy atom. The van der Waals surface area contributed by atoms with Crippen LogP contribution in [0.15, 0.2) is 42.5 Å². The van der Waals surface area contributed by atoms with E-state index in [0.717, 1.165) is 23.4 Å². The lowest BCUT2D eigenvalue weighted by molar-refractivity contribution is 0.274. The fourth-order valence-corrected chi connectivity index (χ4v) is 2.45. The number of anilines is 1. The van der Waals surface area contributed by atoms with Crippen molar-refractivity contribution in [1.82, 2.24) is 0 Å². The van der Waals surface area contributed by atoms with Gasteiger partial charge in [-0.1, -0.05) is 19.1 Å². The highest BCUT2D eigenvalue weighted by molar-refractivity contribution is 5.52. The van der Waals surface area contributed by atoms with Crippen molar-refractivity contribution in [3.63, 3.8) is 0 Å². The summed E-state index contributed by atoms with van der Waals surface area (Å²) < 4.78 is 10.4. The van der Waals surface area contributed by atoms with Gasteiger partial charge in [0.15, 0.2) is 0 Å². The third-order valence-electron chi connectivity index (χ3n) is 3.72. The van der Waals surface area contributed by atoms with Gasteiger partial charge in [0.1, 0.15) is 11.5 Å². The number of hydrogen-bond donors (Lipinski definition) is 2. The van der Waals surface area contributed by atoms with E-state index in [1.165, 1.54) is 5.56 Å². The summed E-state index contributed by atoms with van der Waals surface area (Å²) in [6, 6.07) is 14.0. The van der Waals surface area contributed by atoms with E-state index in [2.05, 4.69) is 24.4 Å². The van der Waals surface area contributed by atoms with Gasteiger partial charge in [0.2, 0.25) is 0 Å². The lowest BCUT2D eigenvalue weighted by atomic mass is 10.0. The molecule has 0 aliphatic heterocycles. The number of nitrogens with one attached hydrogen (secondary N) is 1. The molecule has 0 bridgehead atoms. The fourth-order valence-electron chi connectivity index (χ4n) is 2.45. The Bertz CT molecular complexity index is 596. The minimum atomic E-state index is -0.0436. The van der Waals surface area contributed by atoms with Crippen molar-refractivity contribution in [3.8, 4) is 11.5 Å². The zero-order valence-corrected chi connectivity index (χ0v) is 13.3. The molecule has 2 aromatic carbocycles. The summed E-state index contributed by atoms with van der Waals surface area (Å²) in [6.07, 6.45) is 0.951. The lowest BCUT2D eigenvalue weighted by Crippen LogP contribution is -2.10. The Kier molecular flexibility index (Phi) is 5.67. The summed E-state index contributed by atoms with van der Waals surface area (Å²) in [7, 11) is 3.27. The molecule has 2 N–H and O–H groups in total. The normalized spacial score (nSPS) is 11.8. The molecule has 4 heteroatoms. The maximum absolute atomic E-state index is 9.42. The number of aliphatic hydroxyl groups excluding tert-OH is 1. The van der Waals surface area contributed by atoms with Gasteiger partial charge in [-0.2, -0.15) is 0 Å². The fraction of sp³-hybridized carbons (Fsp3) is 0.333. The number of hydrogen-bond acceptors (Lipinski definition) is 4. The Morgan fingerprint density at radius 1 is 1.05 bits per heavy atom. The first-order valence-electron chi connectivity index (χ1n) is 7.40. The molecule has 4 nitrogen and oxygen atoms in total. The smallest absolute Gasteiger partial charge is 0.124 e. The van der Waals surface area contributed by atoms with Crippen molar-refractivity contribution < 1.29 is 14.6 Å². The van der Waals surface area contributed by atoms with Crippen LogP contribution in [0, 0.1) is 0 Å². The van der Waals surface area contributed by atoms with Crippen LogP contribution in [0.4, 0.5) is 5.69 Å². The second-order valence-corrected chi connectivity index (χ2v) is 5.06. The van der Waals surface area contributed by atoms with E-state index in [9.17, 15) is 5.11 Å². The second-order valence-electron chi connectivity index (χ2n) is 5.06. The number of rotatable bonds is 7. The van der Waals surface area contributed by atoms with Gasteiger partial charge in [-0.3, -0.25) is 0 Å². The molecule has 0 fully saturated rings. The number of ether oxygens (including phenoxy) is 2. The van der Waals surface area contributed by atoms with Crippen LogP contribution in [0.5, 0.6) is 11.5 Å². The zero-order valence-electron chi connectivity index (χ0n) is 13.3. The van der Waals surface area contributed by atoms with E-state index < -0.39 is 0 Å². The summed E-state index contributed by atoms with van der Waals surface area (Å²) in [4.78, 5) is 0. The highest BCUT2D eigenvalue weighted by Crippen LogP contribution is 2.28. The molecule has 1 unspecified atom stereocenters. The molecule has 1 atom stereocenters. The van der Waals surface area contributed by atoms with Gasteiger partial charge in [0.05, 0.1) is 26.9 Å². The summed E-state index contributed by atoms with van der Waals surface area (Å²) >= 11 is 0. The van der Waals surface area contributed by atoms with Crippen molar-refractivity contribution in [2.75, 3.05) is 19.5 Å². The Balaban J connectivity index is 2.18. The minimum absolute atomic E-state index is 0.0436. The van der Waals surface area contributed by atoms with Crippen molar-refractivity contribution in [2.24, 2.45) is 0 Å². The summed E-state index contributed by atoms with van der Waals surface area (Å²) in [6.45, 7) is 2.09. The van der Waals surface area contributed by atoms with Crippen molar-refractivity contribution >= 4 is 5.69 Å². The van der Waals surface area contributed by atoms with E-state index in [-0.39, 0.29) is 12.6 Å². The molecule has 2 aromatic rings. The van der Waals surface area contributed by atoms with Gasteiger partial charge < -0.3 is 19.9 Å². The first-order valence-corrected chi connectivity index (χ1v) is 7.40. The van der Waals surface area contributed by atoms with E-state index in [4.69, 9.17) is 9.47 Å². The van der Waals surface area contributed by atoms with Crippen LogP contribution >= 0.6 is 0 Å². The Labute approximate surface area is 131 Å². The predicted octanol–water partition coefficient (Wildman–Crippen LogP) is 3.76. The Hall–Kier alpha value is -2.20. The van der Waals surface area contributed by atoms with Crippen LogP contribution in [-0.4, -0.2) is 19.3 Å². The van der Waals surface area contributed by atoms with E-state index >= 15 is 0 Å². The molecule has 0 saturated carbocycles. The number of methoxy groups -OCH3 is 2. The SMILES string of the molecule is CCC(Nc1ccc(OC)c(CO)c1)c1ccc(OC)cc1. The maximum atomic E-state index is 9.42. The molecule has 0 aromatic heterocycles. The first kappa shape index (κ1) is 16.2. The van der Waals surface area contributed by atoms with Crippen LogP contribution < -0.4 is 14.8 Å². The molecule has 0 spiro atoms. The summed E-state index contributed by atoms with van der Waals surface area (Å²) in [5.41, 5.74) is 2.94. The van der Waals surface area contributed by atoms with Gasteiger partial charge >= 0.3 is 0 Å². The zero-order chi connectivity index (χ0) is 15.9. The number of aliphatic hydroxyl groups is 1. The molecule has 22 heavy (non-hydrogen) atoms. The average molecular weight is 301 g/mol. The highest BCUT2D eigenvalue weighted by atomic mass is 16.5. The maximum Gasteiger partial charge on any atom is 0.124 e. The molecular weight excluding hydrogens is 278 g/mol. The summed E-state index contributed by atoms with van der Waals surface area (Å²) in [5.74, 6) is 1.55. The van der Waals surface area contributed by atoms with Crippen LogP contribution in [-0.2, 0) is 6.61 Å². The molecular formula is C18H23NO3. The molecule has 118 valence electrons. The van der Waals surface area contributed by atoms with Crippen LogP contribution in [0.25, 0.3) is 0 Å². The number of benzene rings is 2. The highest BCUT2D eigenvalue weighted by Gasteiger charge is 2.11. The largest absolute Gasteiger partial charge is 0.497 e. The Morgan fingerprint density at radius 3 is 2.32 bits per heavy atom. The van der Waals surface area contributed by atoms with Gasteiger partial charge in [-0.15, -0.1) is 0 Å². The van der Waals surface area contributed by atoms with E-state index in [1.807, 2.05) is 30.3 Å². The minimum Gasteiger partial charge on any atom is -0.497 e. The van der Waals surface area contributed by atoms with Crippen molar-refractivity contribution in [2.45, 2.75) is 26.0 Å². The van der Waals surface area contributed by atoms with Crippen LogP contribution in [0.2, 0.25) is 0 Å². The third-order valence-corrected chi connectivity index (χ3v) is 3.72. The van der Waals surface area contributed by atoms with Crippen molar-refractivity contribution in [3.05, 3.63) is 53.6 Å². The topological polar surface area (TPSA) is 50.7 Å². The van der Waals surface area contributed by atoms with Crippen LogP contribution in [0.3, 0.4) is 0 Å². The second kappa shape index (κ2) is 7.71. The van der Waals surface area contributed by atoms with E-state index in [0.29, 0.717) is 5.75 Å². The molecule has 0 aliphatic carbocycles. The van der Waals surface area contributed by atoms with Gasteiger partial charge in [-0.05, 0) is 42.3 Å². The molecule has 0 aliphatic rings. The molecule has 2 rings (SSSR count). The van der Waals surface area contributed by atoms with Gasteiger partial charge in [0, 0.05) is 11.3 Å². The standard InChI is InChI=1S/C18H23NO3/c1-4-17(13-5-8-16(21-2)9-6-13)19-15-7-10-18(22-3)14(11-15)12-20/h5-11,17,19-20H,4,12H2,1-3H3. The van der Waals surface area contributed by atoms with E-state index in [1.54, 1.807) is 14.2 Å². The van der Waals surface area contributed by atoms with Crippen molar-refractivity contribution in [1.29, 1.82) is 0 Å². The predicted molar refractivity (Wildman–Crippen MR) is 88.6 cm³/mol. The quantitative estimate of drug-likeness (QED) is 0.817.